The molecule has 0 spiro atoms. The zero-order valence-electron chi connectivity index (χ0n) is 16.2. The molecule has 0 aliphatic carbocycles. The Balaban J connectivity index is 1.41. The van der Waals surface area contributed by atoms with Crippen LogP contribution < -0.4 is 15.4 Å². The summed E-state index contributed by atoms with van der Waals surface area (Å²) in [5.74, 6) is 0.867. The van der Waals surface area contributed by atoms with E-state index in [2.05, 4.69) is 20.8 Å². The van der Waals surface area contributed by atoms with Crippen LogP contribution in [0.4, 0.5) is 16.4 Å². The van der Waals surface area contributed by atoms with E-state index < -0.39 is 6.03 Å². The van der Waals surface area contributed by atoms with E-state index in [0.29, 0.717) is 16.6 Å². The van der Waals surface area contributed by atoms with Crippen LogP contribution in [0.5, 0.6) is 10.9 Å². The van der Waals surface area contributed by atoms with Crippen molar-refractivity contribution in [3.8, 4) is 10.9 Å². The van der Waals surface area contributed by atoms with Gasteiger partial charge < -0.3 is 14.6 Å². The normalized spacial score (nSPS) is 11.4. The first-order valence-electron chi connectivity index (χ1n) is 9.05. The van der Waals surface area contributed by atoms with Gasteiger partial charge in [-0.25, -0.2) is 9.78 Å². The van der Waals surface area contributed by atoms with Crippen molar-refractivity contribution in [1.29, 1.82) is 0 Å². The van der Waals surface area contributed by atoms with Crippen LogP contribution in [0.15, 0.2) is 59.1 Å². The highest BCUT2D eigenvalue weighted by Gasteiger charge is 2.19. The van der Waals surface area contributed by atoms with Crippen molar-refractivity contribution in [2.45, 2.75) is 26.2 Å². The third-order valence-corrected chi connectivity index (χ3v) is 5.00. The molecule has 0 unspecified atom stereocenters. The number of para-hydroxylation sites is 1. The van der Waals surface area contributed by atoms with Crippen LogP contribution in [0.25, 0.3) is 10.2 Å². The molecule has 0 bridgehead atoms. The molecule has 29 heavy (non-hydrogen) atoms. The van der Waals surface area contributed by atoms with Gasteiger partial charge in [0, 0.05) is 23.2 Å². The van der Waals surface area contributed by atoms with Gasteiger partial charge in [0.05, 0.1) is 15.9 Å². The second-order valence-corrected chi connectivity index (χ2v) is 8.48. The van der Waals surface area contributed by atoms with Crippen molar-refractivity contribution >= 4 is 39.2 Å². The second-order valence-electron chi connectivity index (χ2n) is 7.48. The zero-order valence-corrected chi connectivity index (χ0v) is 17.0. The van der Waals surface area contributed by atoms with Crippen molar-refractivity contribution < 1.29 is 14.1 Å². The molecule has 2 amide bonds. The third-order valence-electron chi connectivity index (χ3n) is 4.09. The Morgan fingerprint density at radius 2 is 1.90 bits per heavy atom. The summed E-state index contributed by atoms with van der Waals surface area (Å²) in [5, 5.41) is 9.92. The molecule has 148 valence electrons. The minimum absolute atomic E-state index is 0.161. The molecule has 4 aromatic rings. The maximum absolute atomic E-state index is 12.3. The van der Waals surface area contributed by atoms with Gasteiger partial charge in [-0.15, -0.1) is 0 Å². The van der Waals surface area contributed by atoms with Crippen molar-refractivity contribution in [3.63, 3.8) is 0 Å². The van der Waals surface area contributed by atoms with E-state index in [4.69, 9.17) is 9.26 Å². The van der Waals surface area contributed by atoms with Crippen LogP contribution in [-0.2, 0) is 5.41 Å². The Labute approximate surface area is 171 Å². The molecule has 0 saturated carbocycles. The molecule has 0 aliphatic heterocycles. The van der Waals surface area contributed by atoms with Gasteiger partial charge in [-0.2, -0.15) is 0 Å². The topological polar surface area (TPSA) is 89.3 Å². The fraction of sp³-hybridized carbons (Fsp3) is 0.190. The van der Waals surface area contributed by atoms with Gasteiger partial charge in [0.25, 0.3) is 5.19 Å². The molecule has 0 atom stereocenters. The number of carbonyl (C=O) groups excluding carboxylic acids is 1. The summed E-state index contributed by atoms with van der Waals surface area (Å²) in [6, 6.07) is 16.2. The van der Waals surface area contributed by atoms with Crippen LogP contribution in [0.3, 0.4) is 0 Å². The maximum Gasteiger partial charge on any atom is 0.326 e. The van der Waals surface area contributed by atoms with Crippen LogP contribution in [0, 0.1) is 0 Å². The fourth-order valence-corrected chi connectivity index (χ4v) is 3.43. The number of nitrogens with zero attached hydrogens (tertiary/aromatic N) is 2. The number of ether oxygens (including phenoxy) is 1. The first-order valence-corrected chi connectivity index (χ1v) is 9.87. The number of rotatable bonds is 4. The highest BCUT2D eigenvalue weighted by molar-refractivity contribution is 7.20. The van der Waals surface area contributed by atoms with Gasteiger partial charge in [0.15, 0.2) is 0 Å². The van der Waals surface area contributed by atoms with E-state index >= 15 is 0 Å². The largest absolute Gasteiger partial charge is 0.431 e. The molecule has 2 aromatic carbocycles. The molecule has 2 heterocycles. The predicted octanol–water partition coefficient (Wildman–Crippen LogP) is 6.02. The zero-order chi connectivity index (χ0) is 20.4. The van der Waals surface area contributed by atoms with Crippen molar-refractivity contribution in [2.75, 3.05) is 10.6 Å². The molecular weight excluding hydrogens is 388 g/mol. The van der Waals surface area contributed by atoms with Gasteiger partial charge >= 0.3 is 6.03 Å². The Morgan fingerprint density at radius 3 is 2.66 bits per heavy atom. The lowest BCUT2D eigenvalue weighted by Gasteiger charge is -2.12. The summed E-state index contributed by atoms with van der Waals surface area (Å²) < 4.78 is 12.1. The molecule has 7 nitrogen and oxygen atoms in total. The van der Waals surface area contributed by atoms with Gasteiger partial charge in [-0.3, -0.25) is 5.32 Å². The summed E-state index contributed by atoms with van der Waals surface area (Å²) in [4.78, 5) is 16.7. The van der Waals surface area contributed by atoms with Crippen molar-refractivity contribution in [2.24, 2.45) is 0 Å². The lowest BCUT2D eigenvalue weighted by Crippen LogP contribution is -2.19. The molecule has 2 N–H and O–H groups in total. The molecule has 0 aliphatic rings. The highest BCUT2D eigenvalue weighted by Crippen LogP contribution is 2.32. The number of hydrogen-bond donors (Lipinski definition) is 2. The molecule has 2 aromatic heterocycles. The number of amides is 2. The van der Waals surface area contributed by atoms with E-state index in [1.165, 1.54) is 11.3 Å². The first-order chi connectivity index (χ1) is 13.9. The summed E-state index contributed by atoms with van der Waals surface area (Å²) in [7, 11) is 0. The Bertz CT molecular complexity index is 1130. The molecule has 0 radical (unpaired) electrons. The average Bonchev–Trinajstić information content (AvgIpc) is 3.28. The molecule has 4 rings (SSSR count). The fourth-order valence-electron chi connectivity index (χ4n) is 2.59. The standard InChI is InChI=1S/C21H20N4O3S/c1-21(2,3)17-12-18(28-25-17)24-19(26)22-13-7-6-8-14(11-13)27-20-23-15-9-4-5-10-16(15)29-20/h4-12H,1-3H3,(H2,22,24,26). The quantitative estimate of drug-likeness (QED) is 0.431. The van der Waals surface area contributed by atoms with Crippen LogP contribution in [0.2, 0.25) is 0 Å². The minimum Gasteiger partial charge on any atom is -0.431 e. The van der Waals surface area contributed by atoms with E-state index in [0.717, 1.165) is 15.9 Å². The maximum atomic E-state index is 12.3. The second kappa shape index (κ2) is 7.56. The number of fused-ring (bicyclic) bond motifs is 1. The monoisotopic (exact) mass is 408 g/mol. The number of nitrogens with one attached hydrogen (secondary N) is 2. The molecule has 8 heteroatoms. The van der Waals surface area contributed by atoms with E-state index in [1.54, 1.807) is 30.3 Å². The van der Waals surface area contributed by atoms with Crippen LogP contribution in [-0.4, -0.2) is 16.2 Å². The number of thiazole rings is 1. The predicted molar refractivity (Wildman–Crippen MR) is 114 cm³/mol. The number of carbonyl (C=O) groups is 1. The van der Waals surface area contributed by atoms with Crippen molar-refractivity contribution in [3.05, 3.63) is 60.3 Å². The van der Waals surface area contributed by atoms with Gasteiger partial charge in [0.1, 0.15) is 5.75 Å². The Morgan fingerprint density at radius 1 is 1.07 bits per heavy atom. The van der Waals surface area contributed by atoms with Crippen LogP contribution in [0.1, 0.15) is 26.5 Å². The molecular formula is C21H20N4O3S. The van der Waals surface area contributed by atoms with Gasteiger partial charge in [-0.1, -0.05) is 55.5 Å². The molecule has 0 saturated heterocycles. The molecule has 0 fully saturated rings. The van der Waals surface area contributed by atoms with Crippen molar-refractivity contribution in [1.82, 2.24) is 10.1 Å². The lowest BCUT2D eigenvalue weighted by atomic mass is 9.92. The third kappa shape index (κ3) is 4.55. The number of anilines is 2. The Kier molecular flexibility index (Phi) is 4.94. The summed E-state index contributed by atoms with van der Waals surface area (Å²) in [6.07, 6.45) is 0. The number of benzene rings is 2. The number of hydrogen-bond acceptors (Lipinski definition) is 6. The van der Waals surface area contributed by atoms with Crippen LogP contribution >= 0.6 is 11.3 Å². The number of urea groups is 1. The summed E-state index contributed by atoms with van der Waals surface area (Å²) in [5.41, 5.74) is 2.07. The SMILES string of the molecule is CC(C)(C)c1cc(NC(=O)Nc2cccc(Oc3nc4ccccc4s3)c2)on1. The summed E-state index contributed by atoms with van der Waals surface area (Å²) in [6.45, 7) is 6.06. The van der Waals surface area contributed by atoms with E-state index in [9.17, 15) is 4.79 Å². The summed E-state index contributed by atoms with van der Waals surface area (Å²) >= 11 is 1.47. The van der Waals surface area contributed by atoms with Gasteiger partial charge in [-0.05, 0) is 24.3 Å². The average molecular weight is 408 g/mol. The minimum atomic E-state index is -0.432. The van der Waals surface area contributed by atoms with Gasteiger partial charge in [0.2, 0.25) is 5.88 Å². The Hall–Kier alpha value is -3.39. The number of aromatic nitrogens is 2. The van der Waals surface area contributed by atoms with E-state index in [-0.39, 0.29) is 11.3 Å². The first kappa shape index (κ1) is 18.9. The highest BCUT2D eigenvalue weighted by atomic mass is 32.1. The lowest BCUT2D eigenvalue weighted by molar-refractivity contribution is 0.261. The smallest absolute Gasteiger partial charge is 0.326 e. The van der Waals surface area contributed by atoms with E-state index in [1.807, 2.05) is 45.0 Å².